The quantitative estimate of drug-likeness (QED) is 0.0953. The molecule has 4 rings (SSSR count). The van der Waals surface area contributed by atoms with Gasteiger partial charge in [0.05, 0.1) is 15.5 Å². The van der Waals surface area contributed by atoms with Gasteiger partial charge >= 0.3 is 0 Å². The molecule has 8 heteroatoms. The molecule has 0 saturated carbocycles. The third-order valence-corrected chi connectivity index (χ3v) is 6.55. The zero-order chi connectivity index (χ0) is 23.9. The van der Waals surface area contributed by atoms with E-state index < -0.39 is 0 Å². The number of nitrogens with zero attached hydrogens (tertiary/aromatic N) is 3. The van der Waals surface area contributed by atoms with Crippen molar-refractivity contribution in [2.24, 2.45) is 5.10 Å². The number of carbonyl (C=O) groups excluding carboxylic acids is 1. The zero-order valence-electron chi connectivity index (χ0n) is 18.8. The van der Waals surface area contributed by atoms with Gasteiger partial charge in [0, 0.05) is 11.4 Å². The number of benzene rings is 3. The molecule has 1 N–H and O–H groups in total. The third kappa shape index (κ3) is 6.77. The molecule has 0 saturated heterocycles. The van der Waals surface area contributed by atoms with Crippen LogP contribution in [0.4, 0.5) is 0 Å². The largest absolute Gasteiger partial charge is 0.488 e. The van der Waals surface area contributed by atoms with Gasteiger partial charge in [-0.3, -0.25) is 4.79 Å². The van der Waals surface area contributed by atoms with E-state index in [9.17, 15) is 4.79 Å². The van der Waals surface area contributed by atoms with Gasteiger partial charge in [0.1, 0.15) is 12.4 Å². The van der Waals surface area contributed by atoms with E-state index in [4.69, 9.17) is 4.74 Å². The maximum Gasteiger partial charge on any atom is 0.250 e. The average Bonchev–Trinajstić information content (AvgIpc) is 2.81. The Bertz CT molecular complexity index is 1340. The summed E-state index contributed by atoms with van der Waals surface area (Å²) in [6.07, 6.45) is 1.62. The van der Waals surface area contributed by atoms with Crippen LogP contribution in [-0.4, -0.2) is 27.8 Å². The molecule has 1 aromatic heterocycles. The molecular formula is C26H23IN4O2S. The molecule has 6 nitrogen and oxygen atoms in total. The molecule has 0 spiro atoms. The average molecular weight is 582 g/mol. The van der Waals surface area contributed by atoms with Crippen LogP contribution in [0.25, 0.3) is 10.8 Å². The van der Waals surface area contributed by atoms with Crippen molar-refractivity contribution in [3.05, 3.63) is 92.8 Å². The molecule has 0 aliphatic carbocycles. The number of nitrogens with one attached hydrogen (secondary N) is 1. The standard InChI is InChI=1S/C26H23IN4O2S/c1-17-11-18(2)30-26(29-17)34-16-25(32)31-28-14-19-8-10-24(23(27)13-19)33-15-20-7-9-21-5-3-4-6-22(21)12-20/h3-14H,15-16H2,1-2H3,(H,31,32)/b28-14-. The van der Waals surface area contributed by atoms with Gasteiger partial charge in [-0.2, -0.15) is 5.10 Å². The number of amides is 1. The van der Waals surface area contributed by atoms with Crippen LogP contribution in [0.1, 0.15) is 22.5 Å². The van der Waals surface area contributed by atoms with E-state index in [0.717, 1.165) is 31.8 Å². The molecule has 0 aliphatic rings. The number of aromatic nitrogens is 2. The van der Waals surface area contributed by atoms with Gasteiger partial charge in [-0.05, 0) is 88.7 Å². The van der Waals surface area contributed by atoms with Crippen molar-refractivity contribution in [2.75, 3.05) is 5.75 Å². The number of rotatable bonds is 8. The summed E-state index contributed by atoms with van der Waals surface area (Å²) >= 11 is 3.53. The summed E-state index contributed by atoms with van der Waals surface area (Å²) in [7, 11) is 0. The Kier molecular flexibility index (Phi) is 8.12. The maximum atomic E-state index is 12.1. The second-order valence-electron chi connectivity index (χ2n) is 7.68. The van der Waals surface area contributed by atoms with Gasteiger partial charge in [0.15, 0.2) is 5.16 Å². The molecular weight excluding hydrogens is 559 g/mol. The first-order chi connectivity index (χ1) is 16.5. The molecule has 0 unspecified atom stereocenters. The van der Waals surface area contributed by atoms with Gasteiger partial charge in [0.25, 0.3) is 5.91 Å². The monoisotopic (exact) mass is 582 g/mol. The minimum absolute atomic E-state index is 0.194. The number of aryl methyl sites for hydroxylation is 2. The second kappa shape index (κ2) is 11.4. The fourth-order valence-corrected chi connectivity index (χ4v) is 4.74. The number of thioether (sulfide) groups is 1. The summed E-state index contributed by atoms with van der Waals surface area (Å²) < 4.78 is 6.99. The van der Waals surface area contributed by atoms with Crippen LogP contribution >= 0.6 is 34.4 Å². The summed E-state index contributed by atoms with van der Waals surface area (Å²) in [6, 6.07) is 22.3. The van der Waals surface area contributed by atoms with E-state index in [-0.39, 0.29) is 11.7 Å². The number of hydrogen-bond acceptors (Lipinski definition) is 6. The molecule has 0 fully saturated rings. The lowest BCUT2D eigenvalue weighted by Crippen LogP contribution is -2.19. The van der Waals surface area contributed by atoms with Crippen molar-refractivity contribution in [1.82, 2.24) is 15.4 Å². The molecule has 0 aliphatic heterocycles. The summed E-state index contributed by atoms with van der Waals surface area (Å²) in [5.74, 6) is 0.785. The predicted octanol–water partition coefficient (Wildman–Crippen LogP) is 5.67. The van der Waals surface area contributed by atoms with E-state index in [1.165, 1.54) is 22.5 Å². The number of ether oxygens (including phenoxy) is 1. The highest BCUT2D eigenvalue weighted by Crippen LogP contribution is 2.23. The highest BCUT2D eigenvalue weighted by Gasteiger charge is 2.06. The van der Waals surface area contributed by atoms with Gasteiger partial charge in [-0.1, -0.05) is 48.2 Å². The topological polar surface area (TPSA) is 76.5 Å². The van der Waals surface area contributed by atoms with Crippen molar-refractivity contribution >= 4 is 57.2 Å². The smallest absolute Gasteiger partial charge is 0.250 e. The first-order valence-electron chi connectivity index (χ1n) is 10.6. The molecule has 34 heavy (non-hydrogen) atoms. The highest BCUT2D eigenvalue weighted by atomic mass is 127. The minimum Gasteiger partial charge on any atom is -0.488 e. The summed E-state index contributed by atoms with van der Waals surface area (Å²) in [5, 5.41) is 7.06. The van der Waals surface area contributed by atoms with Crippen molar-refractivity contribution in [1.29, 1.82) is 0 Å². The third-order valence-electron chi connectivity index (χ3n) is 4.86. The maximum absolute atomic E-state index is 12.1. The fraction of sp³-hybridized carbons (Fsp3) is 0.154. The lowest BCUT2D eigenvalue weighted by Gasteiger charge is -2.10. The van der Waals surface area contributed by atoms with Gasteiger partial charge in [0.2, 0.25) is 0 Å². The number of halogens is 1. The molecule has 3 aromatic carbocycles. The van der Waals surface area contributed by atoms with Crippen LogP contribution < -0.4 is 10.2 Å². The molecule has 172 valence electrons. The number of fused-ring (bicyclic) bond motifs is 1. The Morgan fingerprint density at radius 3 is 2.56 bits per heavy atom. The van der Waals surface area contributed by atoms with Crippen molar-refractivity contribution < 1.29 is 9.53 Å². The van der Waals surface area contributed by atoms with Gasteiger partial charge < -0.3 is 4.74 Å². The Morgan fingerprint density at radius 2 is 1.79 bits per heavy atom. The lowest BCUT2D eigenvalue weighted by molar-refractivity contribution is -0.118. The second-order valence-corrected chi connectivity index (χ2v) is 9.78. The van der Waals surface area contributed by atoms with Crippen LogP contribution in [0.5, 0.6) is 5.75 Å². The number of hydrazone groups is 1. The zero-order valence-corrected chi connectivity index (χ0v) is 21.8. The number of hydrogen-bond donors (Lipinski definition) is 1. The summed E-state index contributed by atoms with van der Waals surface area (Å²) in [4.78, 5) is 20.7. The van der Waals surface area contributed by atoms with Crippen molar-refractivity contribution in [2.45, 2.75) is 25.6 Å². The molecule has 0 atom stereocenters. The van der Waals surface area contributed by atoms with Gasteiger partial charge in [-0.25, -0.2) is 15.4 Å². The van der Waals surface area contributed by atoms with Gasteiger partial charge in [-0.15, -0.1) is 0 Å². The van der Waals surface area contributed by atoms with E-state index in [2.05, 4.69) is 73.4 Å². The van der Waals surface area contributed by atoms with E-state index in [1.807, 2.05) is 50.2 Å². The van der Waals surface area contributed by atoms with Crippen LogP contribution in [0, 0.1) is 17.4 Å². The normalized spacial score (nSPS) is 11.1. The Balaban J connectivity index is 1.28. The van der Waals surface area contributed by atoms with Crippen molar-refractivity contribution in [3.63, 3.8) is 0 Å². The first kappa shape index (κ1) is 24.2. The molecule has 1 amide bonds. The molecule has 1 heterocycles. The summed E-state index contributed by atoms with van der Waals surface area (Å²) in [5.41, 5.74) is 6.30. The Morgan fingerprint density at radius 1 is 1.03 bits per heavy atom. The number of carbonyl (C=O) groups is 1. The molecule has 0 radical (unpaired) electrons. The Hall–Kier alpha value is -2.98. The highest BCUT2D eigenvalue weighted by molar-refractivity contribution is 14.1. The molecule has 0 bridgehead atoms. The van der Waals surface area contributed by atoms with Crippen molar-refractivity contribution in [3.8, 4) is 5.75 Å². The van der Waals surface area contributed by atoms with Crippen LogP contribution in [-0.2, 0) is 11.4 Å². The van der Waals surface area contributed by atoms with Crippen LogP contribution in [0.2, 0.25) is 0 Å². The van der Waals surface area contributed by atoms with Crippen LogP contribution in [0.15, 0.2) is 77.0 Å². The van der Waals surface area contributed by atoms with Crippen LogP contribution in [0.3, 0.4) is 0 Å². The first-order valence-corrected chi connectivity index (χ1v) is 12.7. The molecule has 4 aromatic rings. The SMILES string of the molecule is Cc1cc(C)nc(SCC(=O)N/N=C\c2ccc(OCc3ccc4ccccc4c3)c(I)c2)n1. The van der Waals surface area contributed by atoms with E-state index in [1.54, 1.807) is 6.21 Å². The van der Waals surface area contributed by atoms with E-state index in [0.29, 0.717) is 11.8 Å². The lowest BCUT2D eigenvalue weighted by atomic mass is 10.1. The fourth-order valence-electron chi connectivity index (χ4n) is 3.30. The van der Waals surface area contributed by atoms with E-state index >= 15 is 0 Å². The Labute approximate surface area is 216 Å². The minimum atomic E-state index is -0.214. The summed E-state index contributed by atoms with van der Waals surface area (Å²) in [6.45, 7) is 4.31. The predicted molar refractivity (Wildman–Crippen MR) is 145 cm³/mol.